The molecule has 2 N–H and O–H groups in total. The van der Waals surface area contributed by atoms with Crippen LogP contribution >= 0.6 is 0 Å². The molecule has 1 atom stereocenters. The minimum atomic E-state index is -1.14. The second-order valence-corrected chi connectivity index (χ2v) is 9.01. The number of hydrogen-bond acceptors (Lipinski definition) is 6. The second kappa shape index (κ2) is 9.74. The zero-order valence-electron chi connectivity index (χ0n) is 19.5. The normalized spacial score (nSPS) is 17.3. The van der Waals surface area contributed by atoms with Crippen molar-refractivity contribution in [3.8, 4) is 0 Å². The van der Waals surface area contributed by atoms with Gasteiger partial charge in [-0.2, -0.15) is 0 Å². The lowest BCUT2D eigenvalue weighted by atomic mass is 10.0. The average molecular weight is 474 g/mol. The van der Waals surface area contributed by atoms with Gasteiger partial charge < -0.3 is 14.5 Å². The molecule has 0 bridgehead atoms. The summed E-state index contributed by atoms with van der Waals surface area (Å²) in [7, 11) is 0. The quantitative estimate of drug-likeness (QED) is 0.523. The Balaban J connectivity index is 1.37. The number of ether oxygens (including phenoxy) is 1. The number of nitrogens with one attached hydrogen (secondary N) is 2. The molecule has 2 heterocycles. The summed E-state index contributed by atoms with van der Waals surface area (Å²) in [4.78, 5) is 42.9. The lowest BCUT2D eigenvalue weighted by Crippen LogP contribution is -2.47. The molecule has 1 fully saturated rings. The number of nitrogens with zero attached hydrogens (tertiary/aromatic N) is 1. The van der Waals surface area contributed by atoms with E-state index in [1.165, 1.54) is 6.92 Å². The number of allylic oxidation sites excluding steroid dienone is 1. The predicted molar refractivity (Wildman–Crippen MR) is 130 cm³/mol. The summed E-state index contributed by atoms with van der Waals surface area (Å²) in [5.41, 5.74) is 3.57. The monoisotopic (exact) mass is 473 g/mol. The molecule has 1 unspecified atom stereocenters. The van der Waals surface area contributed by atoms with E-state index < -0.39 is 24.0 Å². The number of furan rings is 1. The zero-order chi connectivity index (χ0) is 24.4. The lowest BCUT2D eigenvalue weighted by molar-refractivity contribution is -0.127. The van der Waals surface area contributed by atoms with E-state index in [0.717, 1.165) is 42.5 Å². The van der Waals surface area contributed by atoms with E-state index in [-0.39, 0.29) is 6.04 Å². The van der Waals surface area contributed by atoms with E-state index in [2.05, 4.69) is 10.6 Å². The van der Waals surface area contributed by atoms with Crippen molar-refractivity contribution in [3.05, 3.63) is 65.2 Å². The van der Waals surface area contributed by atoms with E-state index in [9.17, 15) is 14.4 Å². The van der Waals surface area contributed by atoms with Crippen molar-refractivity contribution >= 4 is 40.5 Å². The van der Waals surface area contributed by atoms with E-state index >= 15 is 0 Å². The van der Waals surface area contributed by atoms with Gasteiger partial charge in [0.15, 0.2) is 6.10 Å². The second-order valence-electron chi connectivity index (χ2n) is 9.01. The molecular weight excluding hydrogens is 446 g/mol. The number of para-hydroxylation sites is 1. The Morgan fingerprint density at radius 3 is 2.69 bits per heavy atom. The van der Waals surface area contributed by atoms with Gasteiger partial charge in [0.05, 0.1) is 23.0 Å². The number of amides is 3. The van der Waals surface area contributed by atoms with E-state index in [0.29, 0.717) is 35.1 Å². The number of rotatable bonds is 5. The van der Waals surface area contributed by atoms with Crippen molar-refractivity contribution in [1.29, 1.82) is 0 Å². The summed E-state index contributed by atoms with van der Waals surface area (Å²) in [6.45, 7) is 1.46. The number of fused-ring (bicyclic) bond motifs is 2. The highest BCUT2D eigenvalue weighted by Gasteiger charge is 2.30. The Kier molecular flexibility index (Phi) is 6.35. The first kappa shape index (κ1) is 22.8. The van der Waals surface area contributed by atoms with Crippen molar-refractivity contribution in [3.63, 3.8) is 0 Å². The number of aromatic nitrogens is 1. The highest BCUT2D eigenvalue weighted by molar-refractivity contribution is 6.08. The van der Waals surface area contributed by atoms with E-state index in [1.54, 1.807) is 6.26 Å². The molecule has 5 rings (SSSR count). The minimum absolute atomic E-state index is 0.0786. The predicted octanol–water partition coefficient (Wildman–Crippen LogP) is 4.63. The summed E-state index contributed by atoms with van der Waals surface area (Å²) in [5, 5.41) is 5.75. The molecule has 35 heavy (non-hydrogen) atoms. The number of imide groups is 1. The fourth-order valence-corrected chi connectivity index (χ4v) is 4.84. The molecule has 0 radical (unpaired) electrons. The molecule has 3 amide bonds. The molecule has 8 heteroatoms. The standard InChI is InChI=1S/C27H27N3O5/c1-16(25(31)30-27(33)28-18-7-2-3-8-18)35-26(32)23-20-10-4-5-11-22(20)29-24-17(12-13-21(23)24)15-19-9-6-14-34-19/h4-6,9-11,14-16,18H,2-3,7-8,12-13H2,1H3,(H2,28,30,31,33). The van der Waals surface area contributed by atoms with Crippen LogP contribution in [0.5, 0.6) is 0 Å². The van der Waals surface area contributed by atoms with Crippen LogP contribution in [0.2, 0.25) is 0 Å². The van der Waals surface area contributed by atoms with Crippen molar-refractivity contribution in [2.75, 3.05) is 0 Å². The van der Waals surface area contributed by atoms with Gasteiger partial charge in [-0.15, -0.1) is 0 Å². The molecule has 180 valence electrons. The third kappa shape index (κ3) is 4.82. The van der Waals surface area contributed by atoms with E-state index in [1.807, 2.05) is 42.5 Å². The lowest BCUT2D eigenvalue weighted by Gasteiger charge is -2.17. The van der Waals surface area contributed by atoms with Crippen molar-refractivity contribution in [2.45, 2.75) is 57.6 Å². The average Bonchev–Trinajstić information content (AvgIpc) is 3.61. The van der Waals surface area contributed by atoms with Crippen molar-refractivity contribution < 1.29 is 23.5 Å². The first-order valence-corrected chi connectivity index (χ1v) is 12.0. The van der Waals surface area contributed by atoms with Crippen LogP contribution in [0.4, 0.5) is 4.79 Å². The minimum Gasteiger partial charge on any atom is -0.465 e. The van der Waals surface area contributed by atoms with Gasteiger partial charge in [-0.3, -0.25) is 10.1 Å². The Morgan fingerprint density at radius 1 is 1.11 bits per heavy atom. The molecule has 1 aromatic carbocycles. The van der Waals surface area contributed by atoms with Crippen molar-refractivity contribution in [2.24, 2.45) is 0 Å². The molecule has 2 aromatic heterocycles. The molecule has 2 aliphatic rings. The molecule has 3 aromatic rings. The Morgan fingerprint density at radius 2 is 1.91 bits per heavy atom. The van der Waals surface area contributed by atoms with Gasteiger partial charge in [0.1, 0.15) is 5.76 Å². The fraction of sp³-hybridized carbons (Fsp3) is 0.333. The third-order valence-electron chi connectivity index (χ3n) is 6.59. The van der Waals surface area contributed by atoms with E-state index in [4.69, 9.17) is 14.1 Å². The maximum absolute atomic E-state index is 13.4. The number of hydrogen-bond donors (Lipinski definition) is 2. The van der Waals surface area contributed by atoms with Crippen LogP contribution in [0.15, 0.2) is 47.1 Å². The van der Waals surface area contributed by atoms with Crippen molar-refractivity contribution in [1.82, 2.24) is 15.6 Å². The Hall–Kier alpha value is -3.94. The topological polar surface area (TPSA) is 111 Å². The first-order chi connectivity index (χ1) is 17.0. The van der Waals surface area contributed by atoms with Crippen LogP contribution < -0.4 is 10.6 Å². The number of pyridine rings is 1. The zero-order valence-corrected chi connectivity index (χ0v) is 19.5. The molecule has 0 aliphatic heterocycles. The van der Waals surface area contributed by atoms with Gasteiger partial charge in [0.2, 0.25) is 0 Å². The summed E-state index contributed by atoms with van der Waals surface area (Å²) in [5.74, 6) is -0.562. The molecular formula is C27H27N3O5. The van der Waals surface area contributed by atoms with Gasteiger partial charge in [-0.1, -0.05) is 31.0 Å². The number of esters is 1. The summed E-state index contributed by atoms with van der Waals surface area (Å²) >= 11 is 0. The number of urea groups is 1. The highest BCUT2D eigenvalue weighted by atomic mass is 16.5. The van der Waals surface area contributed by atoms with Crippen LogP contribution in [0.25, 0.3) is 22.6 Å². The van der Waals surface area contributed by atoms with Crippen LogP contribution in [0, 0.1) is 0 Å². The van der Waals surface area contributed by atoms with Gasteiger partial charge in [-0.05, 0) is 68.0 Å². The highest BCUT2D eigenvalue weighted by Crippen LogP contribution is 2.38. The maximum atomic E-state index is 13.4. The first-order valence-electron chi connectivity index (χ1n) is 12.0. The van der Waals surface area contributed by atoms with Gasteiger partial charge in [0.25, 0.3) is 5.91 Å². The van der Waals surface area contributed by atoms with Crippen LogP contribution in [-0.2, 0) is 16.0 Å². The Bertz CT molecular complexity index is 1310. The molecule has 8 nitrogen and oxygen atoms in total. The fourth-order valence-electron chi connectivity index (χ4n) is 4.84. The summed E-state index contributed by atoms with van der Waals surface area (Å²) in [6.07, 6.45) is 7.67. The molecule has 0 saturated heterocycles. The largest absolute Gasteiger partial charge is 0.465 e. The number of carbonyl (C=O) groups is 3. The Labute approximate surface area is 202 Å². The molecule has 1 saturated carbocycles. The SMILES string of the molecule is CC(OC(=O)c1c2c(nc3ccccc13)C(=Cc1ccco1)CC2)C(=O)NC(=O)NC1CCCC1. The summed E-state index contributed by atoms with van der Waals surface area (Å²) < 4.78 is 11.0. The van der Waals surface area contributed by atoms with Crippen LogP contribution in [0.3, 0.4) is 0 Å². The van der Waals surface area contributed by atoms with Crippen LogP contribution in [0.1, 0.15) is 66.4 Å². The third-order valence-corrected chi connectivity index (χ3v) is 6.59. The van der Waals surface area contributed by atoms with Crippen LogP contribution in [-0.4, -0.2) is 35.0 Å². The van der Waals surface area contributed by atoms with Gasteiger partial charge in [-0.25, -0.2) is 14.6 Å². The molecule has 2 aliphatic carbocycles. The number of carbonyl (C=O) groups excluding carboxylic acids is 3. The smallest absolute Gasteiger partial charge is 0.339 e. The van der Waals surface area contributed by atoms with Gasteiger partial charge >= 0.3 is 12.0 Å². The number of benzene rings is 1. The summed E-state index contributed by atoms with van der Waals surface area (Å²) in [6, 6.07) is 10.6. The van der Waals surface area contributed by atoms with Gasteiger partial charge in [0, 0.05) is 11.4 Å². The maximum Gasteiger partial charge on any atom is 0.339 e. The molecule has 0 spiro atoms.